The zero-order valence-electron chi connectivity index (χ0n) is 22.4. The Labute approximate surface area is 243 Å². The molecule has 0 unspecified atom stereocenters. The maximum Gasteiger partial charge on any atom is 0.162 e. The molecule has 1 aliphatic heterocycles. The molecule has 2 aromatic carbocycles. The second kappa shape index (κ2) is 9.83. The van der Waals surface area contributed by atoms with Gasteiger partial charge >= 0.3 is 0 Å². The fourth-order valence-electron chi connectivity index (χ4n) is 6.15. The summed E-state index contributed by atoms with van der Waals surface area (Å²) in [5, 5.41) is 1.09. The Hall–Kier alpha value is -2.08. The smallest absolute Gasteiger partial charge is 0.162 e. The van der Waals surface area contributed by atoms with Gasteiger partial charge in [0, 0.05) is 74.0 Å². The first kappa shape index (κ1) is 27.5. The van der Waals surface area contributed by atoms with Crippen molar-refractivity contribution >= 4 is 50.7 Å². The van der Waals surface area contributed by atoms with Gasteiger partial charge in [0.25, 0.3) is 0 Å². The summed E-state index contributed by atoms with van der Waals surface area (Å²) < 4.78 is 7.22. The van der Waals surface area contributed by atoms with Crippen molar-refractivity contribution in [2.24, 2.45) is 10.8 Å². The van der Waals surface area contributed by atoms with E-state index in [4.69, 9.17) is 27.9 Å². The van der Waals surface area contributed by atoms with Crippen molar-refractivity contribution < 1.29 is 14.3 Å². The monoisotopic (exact) mass is 615 g/mol. The van der Waals surface area contributed by atoms with Crippen molar-refractivity contribution in [1.82, 2.24) is 4.90 Å². The predicted octanol–water partition coefficient (Wildman–Crippen LogP) is 8.65. The van der Waals surface area contributed by atoms with Crippen molar-refractivity contribution in [1.29, 1.82) is 0 Å². The Morgan fingerprint density at radius 1 is 0.895 bits per heavy atom. The number of hydrogen-bond acceptors (Lipinski definition) is 4. The summed E-state index contributed by atoms with van der Waals surface area (Å²) in [6.07, 6.45) is 2.44. The van der Waals surface area contributed by atoms with Gasteiger partial charge in [0.1, 0.15) is 12.4 Å². The highest BCUT2D eigenvalue weighted by Gasteiger charge is 2.48. The van der Waals surface area contributed by atoms with Crippen LogP contribution in [0, 0.1) is 10.8 Å². The van der Waals surface area contributed by atoms with Crippen LogP contribution >= 0.6 is 39.1 Å². The van der Waals surface area contributed by atoms with E-state index in [9.17, 15) is 9.59 Å². The quantitative estimate of drug-likeness (QED) is 0.345. The third-order valence-electron chi connectivity index (χ3n) is 7.86. The third kappa shape index (κ3) is 5.10. The van der Waals surface area contributed by atoms with Gasteiger partial charge in [0.2, 0.25) is 0 Å². The van der Waals surface area contributed by atoms with E-state index in [0.29, 0.717) is 28.6 Å². The van der Waals surface area contributed by atoms with E-state index in [-0.39, 0.29) is 29.0 Å². The molecule has 5 rings (SSSR count). The minimum atomic E-state index is -0.475. The Bertz CT molecular complexity index is 1370. The Balaban J connectivity index is 1.67. The lowest BCUT2D eigenvalue weighted by Gasteiger charge is -2.48. The van der Waals surface area contributed by atoms with E-state index in [0.717, 1.165) is 51.0 Å². The van der Waals surface area contributed by atoms with Crippen LogP contribution in [0.15, 0.2) is 63.4 Å². The molecular weight excluding hydrogens is 585 g/mol. The molecule has 0 amide bonds. The third-order valence-corrected chi connectivity index (χ3v) is 8.94. The highest BCUT2D eigenvalue weighted by molar-refractivity contribution is 9.10. The lowest BCUT2D eigenvalue weighted by atomic mass is 9.63. The number of carbonyl (C=O) groups is 2. The summed E-state index contributed by atoms with van der Waals surface area (Å²) in [6, 6.07) is 11.1. The molecule has 0 spiro atoms. The number of hydrogen-bond donors (Lipinski definition) is 0. The minimum Gasteiger partial charge on any atom is -0.489 e. The molecule has 0 saturated heterocycles. The second-order valence-electron chi connectivity index (χ2n) is 12.3. The summed E-state index contributed by atoms with van der Waals surface area (Å²) in [5.41, 5.74) is 4.82. The largest absolute Gasteiger partial charge is 0.489 e. The van der Waals surface area contributed by atoms with Gasteiger partial charge in [-0.05, 0) is 54.0 Å². The molecule has 4 nitrogen and oxygen atoms in total. The number of Topliss-reactive ketones (excluding diaryl/α,β-unsaturated/α-hetero) is 2. The lowest BCUT2D eigenvalue weighted by Crippen LogP contribution is -2.43. The molecule has 1 heterocycles. The number of ketones is 2. The zero-order chi connectivity index (χ0) is 27.6. The van der Waals surface area contributed by atoms with Gasteiger partial charge in [0.05, 0.1) is 0 Å². The average Bonchev–Trinajstić information content (AvgIpc) is 2.79. The van der Waals surface area contributed by atoms with Crippen molar-refractivity contribution in [3.05, 3.63) is 84.6 Å². The SMILES string of the molecule is CN1C2=C(C(=O)CC(C)(C)C2)C(c2cc(Br)ccc2OCc2ccc(Cl)cc2Cl)C2=C1CC(C)(C)CC2=O. The van der Waals surface area contributed by atoms with Crippen LogP contribution in [0.1, 0.15) is 70.4 Å². The topological polar surface area (TPSA) is 46.6 Å². The van der Waals surface area contributed by atoms with E-state index in [1.54, 1.807) is 12.1 Å². The summed E-state index contributed by atoms with van der Waals surface area (Å²) in [6.45, 7) is 8.79. The highest BCUT2D eigenvalue weighted by Crippen LogP contribution is 2.55. The second-order valence-corrected chi connectivity index (χ2v) is 14.1. The molecule has 0 saturated carbocycles. The van der Waals surface area contributed by atoms with Crippen molar-refractivity contribution in [3.63, 3.8) is 0 Å². The van der Waals surface area contributed by atoms with Crippen LogP contribution < -0.4 is 4.74 Å². The van der Waals surface area contributed by atoms with Gasteiger partial charge in [-0.1, -0.05) is 72.9 Å². The van der Waals surface area contributed by atoms with Crippen molar-refractivity contribution in [2.75, 3.05) is 7.05 Å². The highest BCUT2D eigenvalue weighted by atomic mass is 79.9. The fourth-order valence-corrected chi connectivity index (χ4v) is 6.99. The number of allylic oxidation sites excluding steroid dienone is 4. The first-order valence-electron chi connectivity index (χ1n) is 12.9. The molecule has 0 N–H and O–H groups in total. The van der Waals surface area contributed by atoms with Crippen molar-refractivity contribution in [3.8, 4) is 5.75 Å². The molecule has 0 radical (unpaired) electrons. The maximum atomic E-state index is 13.8. The maximum absolute atomic E-state index is 13.8. The van der Waals surface area contributed by atoms with Crippen molar-refractivity contribution in [2.45, 2.75) is 65.9 Å². The molecule has 7 heteroatoms. The van der Waals surface area contributed by atoms with Gasteiger partial charge in [0.15, 0.2) is 11.6 Å². The number of halogens is 3. The molecule has 0 fully saturated rings. The summed E-state index contributed by atoms with van der Waals surface area (Å²) >= 11 is 16.1. The van der Waals surface area contributed by atoms with Gasteiger partial charge < -0.3 is 9.64 Å². The zero-order valence-corrected chi connectivity index (χ0v) is 25.5. The Morgan fingerprint density at radius 3 is 2.03 bits per heavy atom. The molecular formula is C31H32BrCl2NO3. The first-order chi connectivity index (χ1) is 17.8. The number of ether oxygens (including phenoxy) is 1. The van der Waals surface area contributed by atoms with Gasteiger partial charge in [-0.2, -0.15) is 0 Å². The van der Waals surface area contributed by atoms with E-state index in [1.807, 2.05) is 31.3 Å². The molecule has 200 valence electrons. The molecule has 38 heavy (non-hydrogen) atoms. The van der Waals surface area contributed by atoms with Crippen LogP contribution in [0.25, 0.3) is 0 Å². The number of rotatable bonds is 4. The lowest BCUT2D eigenvalue weighted by molar-refractivity contribution is -0.119. The van der Waals surface area contributed by atoms with Crippen LogP contribution in [0.5, 0.6) is 5.75 Å². The number of benzene rings is 2. The van der Waals surface area contributed by atoms with Crippen LogP contribution in [-0.4, -0.2) is 23.5 Å². The molecule has 0 aromatic heterocycles. The number of nitrogens with zero attached hydrogens (tertiary/aromatic N) is 1. The van der Waals surface area contributed by atoms with E-state index in [1.165, 1.54) is 0 Å². The molecule has 0 atom stereocenters. The molecule has 0 bridgehead atoms. The summed E-state index contributed by atoms with van der Waals surface area (Å²) in [7, 11) is 2.02. The molecule has 2 aromatic rings. The standard InChI is InChI=1S/C31H32BrCl2NO3/c1-30(2)12-22-28(24(36)14-30)27(29-23(35(22)5)13-31(3,4)15-25(29)37)20-10-18(32)7-9-26(20)38-16-17-6-8-19(33)11-21(17)34/h6-11,27H,12-16H2,1-5H3. The summed E-state index contributed by atoms with van der Waals surface area (Å²) in [4.78, 5) is 29.8. The van der Waals surface area contributed by atoms with Gasteiger partial charge in [-0.25, -0.2) is 0 Å². The molecule has 2 aliphatic carbocycles. The van der Waals surface area contributed by atoms with E-state index >= 15 is 0 Å². The van der Waals surface area contributed by atoms with Crippen LogP contribution in [-0.2, 0) is 16.2 Å². The van der Waals surface area contributed by atoms with Crippen LogP contribution in [0.2, 0.25) is 10.0 Å². The van der Waals surface area contributed by atoms with Gasteiger partial charge in [-0.3, -0.25) is 9.59 Å². The first-order valence-corrected chi connectivity index (χ1v) is 14.4. The van der Waals surface area contributed by atoms with Gasteiger partial charge in [-0.15, -0.1) is 0 Å². The van der Waals surface area contributed by atoms with E-state index in [2.05, 4.69) is 48.5 Å². The average molecular weight is 617 g/mol. The Kier molecular flexibility index (Phi) is 7.11. The summed E-state index contributed by atoms with van der Waals surface area (Å²) in [5.74, 6) is 0.354. The molecule has 3 aliphatic rings. The number of carbonyl (C=O) groups excluding carboxylic acids is 2. The normalized spacial score (nSPS) is 21.0. The van der Waals surface area contributed by atoms with Crippen LogP contribution in [0.3, 0.4) is 0 Å². The predicted molar refractivity (Wildman–Crippen MR) is 156 cm³/mol. The van der Waals surface area contributed by atoms with Crippen LogP contribution in [0.4, 0.5) is 0 Å². The Morgan fingerprint density at radius 2 is 1.47 bits per heavy atom. The van der Waals surface area contributed by atoms with E-state index < -0.39 is 5.92 Å². The minimum absolute atomic E-state index is 0.101. The fraction of sp³-hybridized carbons (Fsp3) is 0.419.